The van der Waals surface area contributed by atoms with Gasteiger partial charge < -0.3 is 14.2 Å². The lowest BCUT2D eigenvalue weighted by Crippen LogP contribution is -2.66. The van der Waals surface area contributed by atoms with Gasteiger partial charge in [-0.3, -0.25) is 48.4 Å². The van der Waals surface area contributed by atoms with Crippen LogP contribution in [0.3, 0.4) is 0 Å². The van der Waals surface area contributed by atoms with Crippen molar-refractivity contribution in [2.45, 2.75) is 252 Å². The number of carbonyl (C=O) groups is 6. The summed E-state index contributed by atoms with van der Waals surface area (Å²) in [5, 5.41) is 4.20. The van der Waals surface area contributed by atoms with E-state index in [4.69, 9.17) is 23.9 Å². The van der Waals surface area contributed by atoms with Gasteiger partial charge in [0.2, 0.25) is 0 Å². The first-order valence-corrected chi connectivity index (χ1v) is 33.8. The van der Waals surface area contributed by atoms with Crippen molar-refractivity contribution in [1.82, 2.24) is 20.1 Å². The van der Waals surface area contributed by atoms with Crippen molar-refractivity contribution in [2.75, 3.05) is 20.3 Å². The standard InChI is InChI=1S/C40H58N2O7.C35H52N2O4/c1-9-12-24-48-38(46)33(25-28(4)30-16-14-13-15-17-30)34(43)26-32(37(45)47-8)18-19-36(31-20-22-41-23-21-31)49-42-39(6,10-2)27-35(44)29(5)40(42,7)11-3;1-8-11-23-40-33(39)30(24-26(4)28-15-13-12-14-16-28)17-18-32(29-19-21-36-22-20-29)41-37-34(6,9-2)25-31(38)27(5)35(37,7)10-3/h13-17,20-23,28-29,32-33,36H,9-12,18-19,24-27H2,1-8H3;12-16,19-22,26-27,30,32H,8-11,17-18,23-25H2,1-7H3. The molecule has 0 N–H and O–H groups in total. The van der Waals surface area contributed by atoms with Gasteiger partial charge in [0, 0.05) is 55.9 Å². The number of Topliss-reactive ketones (excluding diaryl/α,β-unsaturated/α-hetero) is 3. The molecular formula is C75H110N4O11. The molecular weight excluding hydrogens is 1130 g/mol. The molecule has 0 amide bonds. The van der Waals surface area contributed by atoms with Crippen LogP contribution in [0, 0.1) is 29.6 Å². The fourth-order valence-corrected chi connectivity index (χ4v) is 13.1. The van der Waals surface area contributed by atoms with E-state index < -0.39 is 52.0 Å². The molecule has 0 bridgehead atoms. The normalized spacial score (nSPS) is 24.5. The Balaban J connectivity index is 0.000000332. The van der Waals surface area contributed by atoms with Crippen LogP contribution in [0.25, 0.3) is 0 Å². The summed E-state index contributed by atoms with van der Waals surface area (Å²) in [6, 6.07) is 27.9. The lowest BCUT2D eigenvalue weighted by Gasteiger charge is -2.56. The van der Waals surface area contributed by atoms with E-state index in [-0.39, 0.29) is 79.1 Å². The van der Waals surface area contributed by atoms with Crippen LogP contribution in [0.15, 0.2) is 110 Å². The molecule has 15 heteroatoms. The number of rotatable bonds is 34. The first kappa shape index (κ1) is 74.7. The molecule has 0 aliphatic carbocycles. The molecule has 13 unspecified atom stereocenters. The summed E-state index contributed by atoms with van der Waals surface area (Å²) in [7, 11) is 1.32. The van der Waals surface area contributed by atoms with E-state index in [0.717, 1.165) is 48.8 Å². The van der Waals surface area contributed by atoms with Gasteiger partial charge in [0.15, 0.2) is 0 Å². The molecule has 2 aliphatic heterocycles. The Bertz CT molecular complexity index is 2850. The molecule has 4 heterocycles. The minimum absolute atomic E-state index is 0.0745. The quantitative estimate of drug-likeness (QED) is 0.0186. The SMILES string of the molecule is CCCCOC(=O)C(CC(C)c1ccccc1)C(=O)CC(CCC(ON1C(C)(CC)CC(=O)C(C)C1(C)CC)c1ccncc1)C(=O)OC.CCCCOC(=O)C(CCC(ON1C(C)(CC)CC(=O)C(C)C1(C)CC)c1ccncc1)CC(C)c1ccccc1. The molecule has 4 aromatic rings. The maximum Gasteiger partial charge on any atom is 0.316 e. The molecule has 2 aromatic carbocycles. The van der Waals surface area contributed by atoms with Crippen LogP contribution >= 0.6 is 0 Å². The third-order valence-electron chi connectivity index (χ3n) is 20.4. The Labute approximate surface area is 539 Å². The fourth-order valence-electron chi connectivity index (χ4n) is 13.1. The molecule has 496 valence electrons. The highest BCUT2D eigenvalue weighted by molar-refractivity contribution is 6.00. The number of aromatic nitrogens is 2. The minimum Gasteiger partial charge on any atom is -0.469 e. The maximum absolute atomic E-state index is 14.0. The molecule has 2 aromatic heterocycles. The Hall–Kier alpha value is -6.00. The van der Waals surface area contributed by atoms with Crippen LogP contribution in [0.4, 0.5) is 0 Å². The third-order valence-corrected chi connectivity index (χ3v) is 20.4. The van der Waals surface area contributed by atoms with Crippen molar-refractivity contribution in [2.24, 2.45) is 29.6 Å². The summed E-state index contributed by atoms with van der Waals surface area (Å²) in [6.45, 7) is 29.9. The summed E-state index contributed by atoms with van der Waals surface area (Å²) in [5.41, 5.74) is 2.21. The van der Waals surface area contributed by atoms with Gasteiger partial charge in [0.25, 0.3) is 0 Å². The second kappa shape index (κ2) is 35.7. The third kappa shape index (κ3) is 19.5. The van der Waals surface area contributed by atoms with E-state index in [1.807, 2.05) is 106 Å². The molecule has 6 rings (SSSR count). The number of nitrogens with zero attached hydrogens (tertiary/aromatic N) is 4. The molecule has 2 aliphatic rings. The van der Waals surface area contributed by atoms with Gasteiger partial charge in [-0.25, -0.2) is 0 Å². The summed E-state index contributed by atoms with van der Waals surface area (Å²) in [5.74, 6) is -3.26. The van der Waals surface area contributed by atoms with E-state index in [2.05, 4.69) is 96.4 Å². The second-order valence-corrected chi connectivity index (χ2v) is 26.6. The Morgan fingerprint density at radius 3 is 1.31 bits per heavy atom. The van der Waals surface area contributed by atoms with Gasteiger partial charge in [0.05, 0.1) is 54.3 Å². The topological polar surface area (TPSA) is 181 Å². The summed E-state index contributed by atoms with van der Waals surface area (Å²) in [4.78, 5) is 103. The zero-order valence-electron chi connectivity index (χ0n) is 57.3. The zero-order chi connectivity index (χ0) is 66.2. The molecule has 0 saturated carbocycles. The molecule has 15 nitrogen and oxygen atoms in total. The zero-order valence-corrected chi connectivity index (χ0v) is 57.3. The van der Waals surface area contributed by atoms with Crippen molar-refractivity contribution in [3.8, 4) is 0 Å². The summed E-state index contributed by atoms with van der Waals surface area (Å²) >= 11 is 0. The maximum atomic E-state index is 14.0. The largest absolute Gasteiger partial charge is 0.469 e. The average Bonchev–Trinajstić information content (AvgIpc) is 0.806. The van der Waals surface area contributed by atoms with Crippen molar-refractivity contribution in [3.63, 3.8) is 0 Å². The Morgan fingerprint density at radius 1 is 0.522 bits per heavy atom. The van der Waals surface area contributed by atoms with Gasteiger partial charge in [-0.1, -0.05) is 143 Å². The average molecular weight is 1240 g/mol. The highest BCUT2D eigenvalue weighted by Gasteiger charge is 2.56. The number of hydrogen-bond acceptors (Lipinski definition) is 15. The number of hydroxylamine groups is 4. The number of piperidine rings is 2. The van der Waals surface area contributed by atoms with Crippen LogP contribution < -0.4 is 0 Å². The minimum atomic E-state index is -1.01. The molecule has 0 spiro atoms. The number of hydrogen-bond donors (Lipinski definition) is 0. The van der Waals surface area contributed by atoms with Crippen molar-refractivity contribution < 1.29 is 52.7 Å². The number of esters is 3. The van der Waals surface area contributed by atoms with Crippen molar-refractivity contribution in [3.05, 3.63) is 132 Å². The van der Waals surface area contributed by atoms with Gasteiger partial charge >= 0.3 is 17.9 Å². The highest BCUT2D eigenvalue weighted by Crippen LogP contribution is 2.48. The molecule has 90 heavy (non-hydrogen) atoms. The van der Waals surface area contributed by atoms with Crippen LogP contribution in [0.2, 0.25) is 0 Å². The first-order valence-electron chi connectivity index (χ1n) is 33.8. The predicted octanol–water partition coefficient (Wildman–Crippen LogP) is 16.2. The number of methoxy groups -OCH3 is 1. The van der Waals surface area contributed by atoms with Gasteiger partial charge in [-0.15, -0.1) is 0 Å². The van der Waals surface area contributed by atoms with Crippen LogP contribution in [-0.2, 0) is 52.7 Å². The number of ketones is 3. The van der Waals surface area contributed by atoms with E-state index in [9.17, 15) is 28.8 Å². The number of ether oxygens (including phenoxy) is 3. The summed E-state index contributed by atoms with van der Waals surface area (Å²) < 4.78 is 16.5. The number of carbonyl (C=O) groups excluding carboxylic acids is 6. The number of pyridine rings is 2. The lowest BCUT2D eigenvalue weighted by molar-refractivity contribution is -0.319. The van der Waals surface area contributed by atoms with Crippen molar-refractivity contribution in [1.29, 1.82) is 0 Å². The van der Waals surface area contributed by atoms with Gasteiger partial charge in [-0.05, 0) is 163 Å². The fraction of sp³-hybridized carbons (Fsp3) is 0.627. The second-order valence-electron chi connectivity index (χ2n) is 26.6. The van der Waals surface area contributed by atoms with Crippen LogP contribution in [-0.4, -0.2) is 97.8 Å². The monoisotopic (exact) mass is 1240 g/mol. The molecule has 13 atom stereocenters. The Kier molecular flexibility index (Phi) is 29.7. The molecule has 2 fully saturated rings. The predicted molar refractivity (Wildman–Crippen MR) is 353 cm³/mol. The van der Waals surface area contributed by atoms with E-state index in [1.165, 1.54) is 12.7 Å². The molecule has 0 radical (unpaired) electrons. The van der Waals surface area contributed by atoms with E-state index >= 15 is 0 Å². The van der Waals surface area contributed by atoms with E-state index in [0.29, 0.717) is 70.2 Å². The van der Waals surface area contributed by atoms with Crippen LogP contribution in [0.1, 0.15) is 252 Å². The van der Waals surface area contributed by atoms with Crippen molar-refractivity contribution >= 4 is 35.3 Å². The van der Waals surface area contributed by atoms with Crippen LogP contribution in [0.5, 0.6) is 0 Å². The highest BCUT2D eigenvalue weighted by atomic mass is 16.7. The number of unbranched alkanes of at least 4 members (excludes halogenated alkanes) is 2. The molecule has 2 saturated heterocycles. The summed E-state index contributed by atoms with van der Waals surface area (Å²) in [6.07, 6.45) is 16.3. The lowest BCUT2D eigenvalue weighted by atomic mass is 9.70. The van der Waals surface area contributed by atoms with Gasteiger partial charge in [0.1, 0.15) is 35.5 Å². The number of benzene rings is 2. The first-order chi connectivity index (χ1) is 42.9. The smallest absolute Gasteiger partial charge is 0.316 e. The Morgan fingerprint density at radius 2 is 0.922 bits per heavy atom. The van der Waals surface area contributed by atoms with E-state index in [1.54, 1.807) is 24.8 Å². The van der Waals surface area contributed by atoms with Gasteiger partial charge in [-0.2, -0.15) is 10.1 Å².